The molecular weight excluding hydrogens is 264 g/mol. The zero-order valence-corrected chi connectivity index (χ0v) is 13.8. The molecule has 2 rings (SSSR count). The molecule has 0 bridgehead atoms. The van der Waals surface area contributed by atoms with Crippen molar-refractivity contribution in [3.8, 4) is 0 Å². The number of hydrogen-bond acceptors (Lipinski definition) is 3. The van der Waals surface area contributed by atoms with Gasteiger partial charge in [0.15, 0.2) is 0 Å². The molecule has 0 aromatic heterocycles. The van der Waals surface area contributed by atoms with Crippen molar-refractivity contribution in [3.05, 3.63) is 0 Å². The van der Waals surface area contributed by atoms with Crippen molar-refractivity contribution in [2.24, 2.45) is 5.92 Å². The predicted octanol–water partition coefficient (Wildman–Crippen LogP) is 2.26. The monoisotopic (exact) mass is 296 g/mol. The first-order valence-electron chi connectivity index (χ1n) is 8.71. The summed E-state index contributed by atoms with van der Waals surface area (Å²) in [6, 6.07) is 0. The molecule has 1 atom stereocenters. The third kappa shape index (κ3) is 4.96. The Morgan fingerprint density at radius 1 is 1.33 bits per heavy atom. The lowest BCUT2D eigenvalue weighted by Gasteiger charge is -2.33. The van der Waals surface area contributed by atoms with Crippen LogP contribution in [-0.4, -0.2) is 59.6 Å². The van der Waals surface area contributed by atoms with E-state index in [4.69, 9.17) is 0 Å². The number of amides is 1. The van der Waals surface area contributed by atoms with E-state index in [1.807, 2.05) is 4.90 Å². The van der Waals surface area contributed by atoms with Crippen LogP contribution in [0, 0.1) is 5.92 Å². The topological polar surface area (TPSA) is 43.8 Å². The van der Waals surface area contributed by atoms with Crippen LogP contribution in [-0.2, 0) is 4.79 Å². The maximum atomic E-state index is 12.4. The largest absolute Gasteiger partial charge is 0.389 e. The fourth-order valence-corrected chi connectivity index (χ4v) is 3.90. The Labute approximate surface area is 129 Å². The van der Waals surface area contributed by atoms with Gasteiger partial charge in [-0.2, -0.15) is 0 Å². The Morgan fingerprint density at radius 2 is 2.05 bits per heavy atom. The molecule has 4 nitrogen and oxygen atoms in total. The molecule has 21 heavy (non-hydrogen) atoms. The van der Waals surface area contributed by atoms with Crippen LogP contribution < -0.4 is 0 Å². The van der Waals surface area contributed by atoms with E-state index >= 15 is 0 Å². The third-order valence-electron chi connectivity index (χ3n) is 5.08. The molecule has 2 fully saturated rings. The minimum atomic E-state index is -0.716. The summed E-state index contributed by atoms with van der Waals surface area (Å²) in [6.07, 6.45) is 7.56. The molecule has 1 saturated carbocycles. The minimum absolute atomic E-state index is 0.167. The normalized spacial score (nSPS) is 25.5. The van der Waals surface area contributed by atoms with Gasteiger partial charge >= 0.3 is 0 Å². The summed E-state index contributed by atoms with van der Waals surface area (Å²) < 4.78 is 0. The van der Waals surface area contributed by atoms with Gasteiger partial charge in [-0.1, -0.05) is 26.2 Å². The maximum absolute atomic E-state index is 12.4. The van der Waals surface area contributed by atoms with Gasteiger partial charge in [0.05, 0.1) is 12.0 Å². The average molecular weight is 296 g/mol. The van der Waals surface area contributed by atoms with Crippen LogP contribution >= 0.6 is 0 Å². The molecule has 1 N–H and O–H groups in total. The summed E-state index contributed by atoms with van der Waals surface area (Å²) in [6.45, 7) is 6.17. The smallest absolute Gasteiger partial charge is 0.225 e. The van der Waals surface area contributed by atoms with Gasteiger partial charge in [-0.25, -0.2) is 0 Å². The van der Waals surface area contributed by atoms with Gasteiger partial charge in [0.2, 0.25) is 5.91 Å². The number of likely N-dealkylation sites (tertiary alicyclic amines) is 1. The summed E-state index contributed by atoms with van der Waals surface area (Å²) in [5.74, 6) is 0.770. The summed E-state index contributed by atoms with van der Waals surface area (Å²) in [4.78, 5) is 16.8. The molecule has 1 unspecified atom stereocenters. The lowest BCUT2D eigenvalue weighted by Crippen LogP contribution is -2.40. The van der Waals surface area contributed by atoms with Crippen LogP contribution in [0.15, 0.2) is 0 Å². The third-order valence-corrected chi connectivity index (χ3v) is 5.08. The van der Waals surface area contributed by atoms with Gasteiger partial charge in [0, 0.05) is 19.6 Å². The van der Waals surface area contributed by atoms with E-state index in [0.29, 0.717) is 12.3 Å². The van der Waals surface area contributed by atoms with Crippen molar-refractivity contribution in [2.75, 3.05) is 33.2 Å². The summed E-state index contributed by atoms with van der Waals surface area (Å²) >= 11 is 0. The number of aliphatic hydroxyl groups is 1. The van der Waals surface area contributed by atoms with E-state index in [1.165, 1.54) is 12.8 Å². The predicted molar refractivity (Wildman–Crippen MR) is 85.1 cm³/mol. The molecule has 1 heterocycles. The van der Waals surface area contributed by atoms with E-state index in [-0.39, 0.29) is 5.91 Å². The van der Waals surface area contributed by atoms with Gasteiger partial charge in [0.1, 0.15) is 0 Å². The minimum Gasteiger partial charge on any atom is -0.389 e. The first-order chi connectivity index (χ1) is 10.0. The van der Waals surface area contributed by atoms with Crippen molar-refractivity contribution in [1.29, 1.82) is 0 Å². The molecule has 1 saturated heterocycles. The summed E-state index contributed by atoms with van der Waals surface area (Å²) in [5, 5.41) is 10.5. The molecule has 1 amide bonds. The van der Waals surface area contributed by atoms with Crippen molar-refractivity contribution in [1.82, 2.24) is 9.80 Å². The number of carbonyl (C=O) groups is 1. The van der Waals surface area contributed by atoms with Crippen LogP contribution in [0.4, 0.5) is 0 Å². The van der Waals surface area contributed by atoms with E-state index < -0.39 is 5.60 Å². The Kier molecular flexibility index (Phi) is 6.06. The molecular formula is C17H32N2O2. The van der Waals surface area contributed by atoms with Gasteiger partial charge in [-0.3, -0.25) is 4.79 Å². The van der Waals surface area contributed by atoms with E-state index in [0.717, 1.165) is 58.3 Å². The Bertz CT molecular complexity index is 340. The van der Waals surface area contributed by atoms with E-state index in [2.05, 4.69) is 18.9 Å². The van der Waals surface area contributed by atoms with Crippen molar-refractivity contribution in [3.63, 3.8) is 0 Å². The molecule has 0 radical (unpaired) electrons. The molecule has 1 aliphatic heterocycles. The molecule has 0 spiro atoms. The van der Waals surface area contributed by atoms with Gasteiger partial charge in [0.25, 0.3) is 0 Å². The van der Waals surface area contributed by atoms with Crippen LogP contribution in [0.1, 0.15) is 58.3 Å². The summed E-state index contributed by atoms with van der Waals surface area (Å²) in [5.41, 5.74) is -0.716. The van der Waals surface area contributed by atoms with Crippen molar-refractivity contribution in [2.45, 2.75) is 63.9 Å². The number of rotatable bonds is 6. The van der Waals surface area contributed by atoms with Crippen LogP contribution in [0.3, 0.4) is 0 Å². The lowest BCUT2D eigenvalue weighted by atomic mass is 9.82. The van der Waals surface area contributed by atoms with Gasteiger partial charge < -0.3 is 14.9 Å². The zero-order chi connectivity index (χ0) is 15.3. The fourth-order valence-electron chi connectivity index (χ4n) is 3.90. The van der Waals surface area contributed by atoms with Crippen LogP contribution in [0.5, 0.6) is 0 Å². The molecule has 0 aromatic carbocycles. The SMILES string of the molecule is CCCN(C)CC1CCN(C(=O)CC2(O)CCCCC2)C1. The second-order valence-corrected chi connectivity index (χ2v) is 7.22. The second-order valence-electron chi connectivity index (χ2n) is 7.22. The number of hydrogen-bond donors (Lipinski definition) is 1. The Hall–Kier alpha value is -0.610. The highest BCUT2D eigenvalue weighted by Gasteiger charge is 2.35. The highest BCUT2D eigenvalue weighted by molar-refractivity contribution is 5.77. The molecule has 2 aliphatic rings. The Morgan fingerprint density at radius 3 is 2.71 bits per heavy atom. The van der Waals surface area contributed by atoms with E-state index in [9.17, 15) is 9.90 Å². The first-order valence-corrected chi connectivity index (χ1v) is 8.71. The summed E-state index contributed by atoms with van der Waals surface area (Å²) in [7, 11) is 2.17. The highest BCUT2D eigenvalue weighted by atomic mass is 16.3. The fraction of sp³-hybridized carbons (Fsp3) is 0.941. The number of carbonyl (C=O) groups excluding carboxylic acids is 1. The van der Waals surface area contributed by atoms with Gasteiger partial charge in [-0.15, -0.1) is 0 Å². The standard InChI is InChI=1S/C17H32N2O2/c1-3-10-18(2)13-15-7-11-19(14-15)16(20)12-17(21)8-5-4-6-9-17/h15,21H,3-14H2,1-2H3. The average Bonchev–Trinajstić information content (AvgIpc) is 2.88. The molecule has 1 aliphatic carbocycles. The highest BCUT2D eigenvalue weighted by Crippen LogP contribution is 2.32. The maximum Gasteiger partial charge on any atom is 0.225 e. The quantitative estimate of drug-likeness (QED) is 0.817. The molecule has 0 aromatic rings. The molecule has 4 heteroatoms. The lowest BCUT2D eigenvalue weighted by molar-refractivity contribution is -0.136. The molecule has 122 valence electrons. The van der Waals surface area contributed by atoms with Crippen molar-refractivity contribution >= 4 is 5.91 Å². The van der Waals surface area contributed by atoms with Crippen LogP contribution in [0.2, 0.25) is 0 Å². The van der Waals surface area contributed by atoms with Crippen molar-refractivity contribution < 1.29 is 9.90 Å². The first kappa shape index (κ1) is 16.8. The van der Waals surface area contributed by atoms with Crippen LogP contribution in [0.25, 0.3) is 0 Å². The second kappa shape index (κ2) is 7.59. The van der Waals surface area contributed by atoms with Gasteiger partial charge in [-0.05, 0) is 45.2 Å². The Balaban J connectivity index is 1.76. The van der Waals surface area contributed by atoms with E-state index in [1.54, 1.807) is 0 Å². The zero-order valence-electron chi connectivity index (χ0n) is 13.8. The number of nitrogens with zero attached hydrogens (tertiary/aromatic N) is 2.